The first kappa shape index (κ1) is 13.2. The van der Waals surface area contributed by atoms with E-state index >= 15 is 0 Å². The second-order valence-corrected chi connectivity index (χ2v) is 8.05. The quantitative estimate of drug-likeness (QED) is 0.574. The first-order valence-electron chi connectivity index (χ1n) is 4.02. The van der Waals surface area contributed by atoms with Gasteiger partial charge in [-0.1, -0.05) is 0 Å². The predicted octanol–water partition coefficient (Wildman–Crippen LogP) is 1.26. The van der Waals surface area contributed by atoms with E-state index in [1.54, 1.807) is 0 Å². The average Bonchev–Trinajstić information content (AvgIpc) is 2.17. The van der Waals surface area contributed by atoms with Crippen molar-refractivity contribution in [1.29, 1.82) is 0 Å². The van der Waals surface area contributed by atoms with E-state index < -0.39 is 43.0 Å². The molecule has 0 radical (unpaired) electrons. The Labute approximate surface area is 100 Å². The average molecular weight is 425 g/mol. The van der Waals surface area contributed by atoms with E-state index in [1.165, 1.54) is 0 Å². The van der Waals surface area contributed by atoms with Crippen molar-refractivity contribution in [3.8, 4) is 5.75 Å². The van der Waals surface area contributed by atoms with Gasteiger partial charge in [-0.05, 0) is 0 Å². The molecule has 84 valence electrons. The van der Waals surface area contributed by atoms with Gasteiger partial charge in [0.05, 0.1) is 0 Å². The van der Waals surface area contributed by atoms with Crippen LogP contribution in [-0.2, 0) is 32.5 Å². The molecule has 0 heterocycles. The Bertz CT molecular complexity index is 405. The van der Waals surface area contributed by atoms with E-state index in [0.717, 1.165) is 18.2 Å². The van der Waals surface area contributed by atoms with E-state index in [-0.39, 0.29) is 8.82 Å². The van der Waals surface area contributed by atoms with Gasteiger partial charge < -0.3 is 0 Å². The minimum absolute atomic E-state index is 0.0161. The standard InChI is InChI=1S/C6H4FO.C2HF3O2.Hg/c7-5-1-3-6(8)4-2-5;3-2(4,5)1(6)7;/h1-3,8H;(H,6,7);/q;;+1/p-1. The first-order valence-corrected chi connectivity index (χ1v) is 9.01. The van der Waals surface area contributed by atoms with Gasteiger partial charge in [-0.15, -0.1) is 0 Å². The zero-order chi connectivity index (χ0) is 12.3. The second kappa shape index (κ2) is 4.98. The maximum atomic E-state index is 12.7. The summed E-state index contributed by atoms with van der Waals surface area (Å²) in [6, 6.07) is 2.84. The fraction of sp³-hybridized carbons (Fsp3) is 0.125. The number of carbonyl (C=O) groups is 1. The molecule has 0 atom stereocenters. The van der Waals surface area contributed by atoms with Gasteiger partial charge >= 0.3 is 100 Å². The maximum absolute atomic E-state index is 12.7. The number of hydrogen-bond donors (Lipinski definition) is 1. The molecular formula is C8H4F4HgO3. The van der Waals surface area contributed by atoms with Gasteiger partial charge in [0.15, 0.2) is 0 Å². The van der Waals surface area contributed by atoms with Crippen molar-refractivity contribution < 1.29 is 55.1 Å². The molecule has 1 aromatic rings. The van der Waals surface area contributed by atoms with Gasteiger partial charge in [-0.2, -0.15) is 0 Å². The Hall–Kier alpha value is -0.855. The molecule has 0 aliphatic rings. The molecule has 0 aliphatic carbocycles. The summed E-state index contributed by atoms with van der Waals surface area (Å²) in [6.45, 7) is 0. The second-order valence-electron chi connectivity index (χ2n) is 2.85. The van der Waals surface area contributed by atoms with Crippen molar-refractivity contribution in [3.05, 3.63) is 24.0 Å². The van der Waals surface area contributed by atoms with E-state index in [1.807, 2.05) is 0 Å². The van der Waals surface area contributed by atoms with Crippen LogP contribution < -0.4 is 3.07 Å². The summed E-state index contributed by atoms with van der Waals surface area (Å²) >= 11 is -2.93. The van der Waals surface area contributed by atoms with Gasteiger partial charge in [0.25, 0.3) is 0 Å². The zero-order valence-electron chi connectivity index (χ0n) is 7.71. The van der Waals surface area contributed by atoms with Crippen LogP contribution in [0.3, 0.4) is 0 Å². The van der Waals surface area contributed by atoms with Crippen molar-refractivity contribution in [2.45, 2.75) is 6.18 Å². The van der Waals surface area contributed by atoms with Crippen LogP contribution in [-0.4, -0.2) is 17.3 Å². The number of alkyl halides is 3. The summed E-state index contributed by atoms with van der Waals surface area (Å²) in [6.07, 6.45) is -5.05. The van der Waals surface area contributed by atoms with E-state index in [2.05, 4.69) is 2.64 Å². The van der Waals surface area contributed by atoms with E-state index in [0.29, 0.717) is 0 Å². The molecule has 0 saturated heterocycles. The Morgan fingerprint density at radius 1 is 1.38 bits per heavy atom. The number of rotatable bonds is 2. The van der Waals surface area contributed by atoms with Crippen LogP contribution in [0.2, 0.25) is 0 Å². The molecule has 1 aromatic carbocycles. The molecule has 0 aliphatic heterocycles. The topological polar surface area (TPSA) is 46.5 Å². The summed E-state index contributed by atoms with van der Waals surface area (Å²) in [4.78, 5) is 10.4. The fourth-order valence-corrected chi connectivity index (χ4v) is 4.76. The third kappa shape index (κ3) is 3.62. The number of phenols is 1. The van der Waals surface area contributed by atoms with Crippen LogP contribution in [0.25, 0.3) is 0 Å². The predicted molar refractivity (Wildman–Crippen MR) is 39.8 cm³/mol. The van der Waals surface area contributed by atoms with Crippen LogP contribution in [0.15, 0.2) is 18.2 Å². The van der Waals surface area contributed by atoms with Crippen molar-refractivity contribution in [1.82, 2.24) is 0 Å². The SMILES string of the molecule is O=C([O][Hg][c]1cc(F)ccc1O)C(F)(F)F. The van der Waals surface area contributed by atoms with E-state index in [9.17, 15) is 22.4 Å². The Morgan fingerprint density at radius 2 is 2.00 bits per heavy atom. The number of phenolic OH excluding ortho intramolecular Hbond substituents is 1. The molecule has 0 amide bonds. The number of carbonyl (C=O) groups excluding carboxylic acids is 1. The summed E-state index contributed by atoms with van der Waals surface area (Å²) in [5.74, 6) is -3.34. The number of halogens is 4. The van der Waals surface area contributed by atoms with Crippen LogP contribution in [0.1, 0.15) is 0 Å². The Kier molecular flexibility index (Phi) is 4.12. The van der Waals surface area contributed by atoms with Crippen LogP contribution in [0.4, 0.5) is 17.6 Å². The molecule has 0 bridgehead atoms. The zero-order valence-corrected chi connectivity index (χ0v) is 13.2. The van der Waals surface area contributed by atoms with Crippen molar-refractivity contribution in [2.75, 3.05) is 0 Å². The Morgan fingerprint density at radius 3 is 2.56 bits per heavy atom. The van der Waals surface area contributed by atoms with Gasteiger partial charge in [0.2, 0.25) is 0 Å². The van der Waals surface area contributed by atoms with Crippen LogP contribution in [0.5, 0.6) is 5.75 Å². The first-order chi connectivity index (χ1) is 7.30. The Balaban J connectivity index is 2.68. The van der Waals surface area contributed by atoms with Crippen LogP contribution >= 0.6 is 0 Å². The molecule has 16 heavy (non-hydrogen) atoms. The van der Waals surface area contributed by atoms with Crippen molar-refractivity contribution in [2.24, 2.45) is 0 Å². The molecule has 0 aromatic heterocycles. The molecule has 0 fully saturated rings. The van der Waals surface area contributed by atoms with Crippen molar-refractivity contribution >= 4 is 9.04 Å². The molecule has 0 saturated carbocycles. The number of aromatic hydroxyl groups is 1. The summed E-state index contributed by atoms with van der Waals surface area (Å²) < 4.78 is 52.0. The van der Waals surface area contributed by atoms with Gasteiger partial charge in [0.1, 0.15) is 0 Å². The molecule has 1 N–H and O–H groups in total. The molecular weight excluding hydrogens is 421 g/mol. The van der Waals surface area contributed by atoms with Gasteiger partial charge in [-0.25, -0.2) is 0 Å². The molecule has 1 rings (SSSR count). The summed E-state index contributed by atoms with van der Waals surface area (Å²) in [7, 11) is 0. The van der Waals surface area contributed by atoms with E-state index in [4.69, 9.17) is 5.11 Å². The third-order valence-electron chi connectivity index (χ3n) is 1.63. The van der Waals surface area contributed by atoms with Crippen molar-refractivity contribution in [3.63, 3.8) is 0 Å². The van der Waals surface area contributed by atoms with Crippen LogP contribution in [0, 0.1) is 5.82 Å². The summed E-state index contributed by atoms with van der Waals surface area (Å²) in [5, 5.41) is 9.17. The normalized spacial score (nSPS) is 10.8. The minimum atomic E-state index is -5.05. The summed E-state index contributed by atoms with van der Waals surface area (Å²) in [5.41, 5.74) is 0. The number of benzene rings is 1. The number of hydrogen-bond acceptors (Lipinski definition) is 3. The van der Waals surface area contributed by atoms with Gasteiger partial charge in [-0.3, -0.25) is 0 Å². The molecule has 0 spiro atoms. The monoisotopic (exact) mass is 426 g/mol. The molecule has 3 nitrogen and oxygen atoms in total. The molecule has 0 unspecified atom stereocenters. The van der Waals surface area contributed by atoms with Gasteiger partial charge in [0, 0.05) is 0 Å². The fourth-order valence-electron chi connectivity index (χ4n) is 0.895. The third-order valence-corrected chi connectivity index (χ3v) is 6.62. The molecule has 8 heteroatoms.